The molecule has 86 valence electrons. The van der Waals surface area contributed by atoms with Crippen molar-refractivity contribution in [3.05, 3.63) is 47.5 Å². The van der Waals surface area contributed by atoms with Gasteiger partial charge in [-0.2, -0.15) is 0 Å². The summed E-state index contributed by atoms with van der Waals surface area (Å²) >= 11 is 5.61. The van der Waals surface area contributed by atoms with Gasteiger partial charge >= 0.3 is 0 Å². The summed E-state index contributed by atoms with van der Waals surface area (Å²) in [4.78, 5) is 12.0. The van der Waals surface area contributed by atoms with Crippen molar-refractivity contribution >= 4 is 17.5 Å². The third kappa shape index (κ3) is 3.11. The van der Waals surface area contributed by atoms with Gasteiger partial charge in [0.05, 0.1) is 12.0 Å². The summed E-state index contributed by atoms with van der Waals surface area (Å²) in [5, 5.41) is 3.18. The van der Waals surface area contributed by atoms with Gasteiger partial charge < -0.3 is 5.32 Å². The largest absolute Gasteiger partial charge is 0.350 e. The molecular weight excluding hydrogens is 222 g/mol. The van der Waals surface area contributed by atoms with Crippen LogP contribution in [0.3, 0.4) is 0 Å². The molecule has 0 radical (unpaired) electrons. The van der Waals surface area contributed by atoms with E-state index in [1.165, 1.54) is 0 Å². The minimum absolute atomic E-state index is 0.0551. The van der Waals surface area contributed by atoms with E-state index in [-0.39, 0.29) is 5.91 Å². The standard InChI is InChI=1S/C13H16ClNO/c1-10(14)9-15-12(16)13(2,3)11-7-5-4-6-8-11/h4-8H,1,9H2,2-3H3,(H,15,16). The van der Waals surface area contributed by atoms with E-state index in [1.807, 2.05) is 44.2 Å². The molecule has 16 heavy (non-hydrogen) atoms. The van der Waals surface area contributed by atoms with Crippen molar-refractivity contribution in [2.75, 3.05) is 6.54 Å². The van der Waals surface area contributed by atoms with Crippen LogP contribution in [0.1, 0.15) is 19.4 Å². The second-order valence-electron chi connectivity index (χ2n) is 4.19. The van der Waals surface area contributed by atoms with E-state index in [2.05, 4.69) is 11.9 Å². The molecule has 0 bridgehead atoms. The minimum Gasteiger partial charge on any atom is -0.350 e. The quantitative estimate of drug-likeness (QED) is 0.857. The van der Waals surface area contributed by atoms with Gasteiger partial charge in [0.15, 0.2) is 0 Å². The van der Waals surface area contributed by atoms with E-state index in [9.17, 15) is 4.79 Å². The summed E-state index contributed by atoms with van der Waals surface area (Å²) in [7, 11) is 0. The van der Waals surface area contributed by atoms with Crippen LogP contribution in [-0.2, 0) is 10.2 Å². The first-order valence-corrected chi connectivity index (χ1v) is 5.49. The number of benzene rings is 1. The molecule has 0 fully saturated rings. The van der Waals surface area contributed by atoms with Gasteiger partial charge in [0.2, 0.25) is 5.91 Å². The average molecular weight is 238 g/mol. The predicted octanol–water partition coefficient (Wildman–Crippen LogP) is 2.83. The third-order valence-corrected chi connectivity index (χ3v) is 2.64. The van der Waals surface area contributed by atoms with Crippen LogP contribution in [0, 0.1) is 0 Å². The highest BCUT2D eigenvalue weighted by Crippen LogP contribution is 2.22. The van der Waals surface area contributed by atoms with Crippen LogP contribution < -0.4 is 5.32 Å². The predicted molar refractivity (Wildman–Crippen MR) is 67.5 cm³/mol. The van der Waals surface area contributed by atoms with E-state index in [1.54, 1.807) is 0 Å². The summed E-state index contributed by atoms with van der Waals surface area (Å²) in [6.07, 6.45) is 0. The van der Waals surface area contributed by atoms with Crippen molar-refractivity contribution in [3.63, 3.8) is 0 Å². The highest BCUT2D eigenvalue weighted by atomic mass is 35.5. The van der Waals surface area contributed by atoms with Crippen molar-refractivity contribution in [2.45, 2.75) is 19.3 Å². The smallest absolute Gasteiger partial charge is 0.230 e. The van der Waals surface area contributed by atoms with Crippen molar-refractivity contribution < 1.29 is 4.79 Å². The maximum Gasteiger partial charge on any atom is 0.230 e. The molecule has 0 aliphatic rings. The number of rotatable bonds is 4. The lowest BCUT2D eigenvalue weighted by molar-refractivity contribution is -0.125. The Morgan fingerprint density at radius 1 is 1.38 bits per heavy atom. The molecule has 3 heteroatoms. The Bertz CT molecular complexity index is 384. The molecular formula is C13H16ClNO. The van der Waals surface area contributed by atoms with Gasteiger partial charge in [0.1, 0.15) is 0 Å². The van der Waals surface area contributed by atoms with Crippen LogP contribution in [0.5, 0.6) is 0 Å². The van der Waals surface area contributed by atoms with Crippen molar-refractivity contribution in [3.8, 4) is 0 Å². The molecule has 0 atom stereocenters. The Hall–Kier alpha value is -1.28. The second kappa shape index (κ2) is 5.17. The Balaban J connectivity index is 2.78. The van der Waals surface area contributed by atoms with E-state index >= 15 is 0 Å². The maximum absolute atomic E-state index is 12.0. The van der Waals surface area contributed by atoms with Gasteiger partial charge in [-0.1, -0.05) is 48.5 Å². The second-order valence-corrected chi connectivity index (χ2v) is 4.73. The van der Waals surface area contributed by atoms with Gasteiger partial charge in [-0.25, -0.2) is 0 Å². The maximum atomic E-state index is 12.0. The molecule has 1 N–H and O–H groups in total. The average Bonchev–Trinajstić information content (AvgIpc) is 2.27. The molecule has 0 unspecified atom stereocenters. The lowest BCUT2D eigenvalue weighted by Gasteiger charge is -2.24. The number of carbonyl (C=O) groups is 1. The van der Waals surface area contributed by atoms with E-state index in [0.29, 0.717) is 11.6 Å². The first kappa shape index (κ1) is 12.8. The summed E-state index contributed by atoms with van der Waals surface area (Å²) in [6.45, 7) is 7.60. The van der Waals surface area contributed by atoms with Gasteiger partial charge in [0.25, 0.3) is 0 Å². The van der Waals surface area contributed by atoms with E-state index in [4.69, 9.17) is 11.6 Å². The van der Waals surface area contributed by atoms with Crippen LogP contribution in [0.4, 0.5) is 0 Å². The van der Waals surface area contributed by atoms with E-state index in [0.717, 1.165) is 5.56 Å². The van der Waals surface area contributed by atoms with Crippen molar-refractivity contribution in [2.24, 2.45) is 0 Å². The number of hydrogen-bond donors (Lipinski definition) is 1. The summed E-state index contributed by atoms with van der Waals surface area (Å²) in [5.74, 6) is -0.0551. The molecule has 0 aromatic heterocycles. The number of halogens is 1. The number of amides is 1. The van der Waals surface area contributed by atoms with Gasteiger partial charge in [-0.15, -0.1) is 0 Å². The van der Waals surface area contributed by atoms with Crippen LogP contribution in [0.15, 0.2) is 41.9 Å². The van der Waals surface area contributed by atoms with Crippen LogP contribution >= 0.6 is 11.6 Å². The molecule has 0 saturated heterocycles. The van der Waals surface area contributed by atoms with Gasteiger partial charge in [0, 0.05) is 5.03 Å². The summed E-state index contributed by atoms with van der Waals surface area (Å²) in [6, 6.07) is 9.65. The zero-order valence-corrected chi connectivity index (χ0v) is 10.3. The molecule has 1 aromatic carbocycles. The third-order valence-electron chi connectivity index (χ3n) is 2.50. The fourth-order valence-electron chi connectivity index (χ4n) is 1.38. The molecule has 0 saturated carbocycles. The zero-order chi connectivity index (χ0) is 12.2. The Morgan fingerprint density at radius 3 is 2.44 bits per heavy atom. The fraction of sp³-hybridized carbons (Fsp3) is 0.308. The summed E-state index contributed by atoms with van der Waals surface area (Å²) < 4.78 is 0. The van der Waals surface area contributed by atoms with Crippen molar-refractivity contribution in [1.82, 2.24) is 5.32 Å². The molecule has 1 aromatic rings. The SMILES string of the molecule is C=C(Cl)CNC(=O)C(C)(C)c1ccccc1. The molecule has 1 amide bonds. The Morgan fingerprint density at radius 2 is 1.94 bits per heavy atom. The topological polar surface area (TPSA) is 29.1 Å². The van der Waals surface area contributed by atoms with Gasteiger partial charge in [-0.05, 0) is 19.4 Å². The Kier molecular flexibility index (Phi) is 4.13. The highest BCUT2D eigenvalue weighted by molar-refractivity contribution is 6.29. The lowest BCUT2D eigenvalue weighted by Crippen LogP contribution is -2.40. The van der Waals surface area contributed by atoms with Gasteiger partial charge in [-0.3, -0.25) is 4.79 Å². The zero-order valence-electron chi connectivity index (χ0n) is 9.59. The van der Waals surface area contributed by atoms with Crippen LogP contribution in [0.25, 0.3) is 0 Å². The highest BCUT2D eigenvalue weighted by Gasteiger charge is 2.29. The molecule has 1 rings (SSSR count). The molecule has 2 nitrogen and oxygen atoms in total. The minimum atomic E-state index is -0.562. The summed E-state index contributed by atoms with van der Waals surface area (Å²) in [5.41, 5.74) is 0.417. The molecule has 0 aliphatic carbocycles. The number of carbonyl (C=O) groups excluding carboxylic acids is 1. The molecule has 0 aliphatic heterocycles. The van der Waals surface area contributed by atoms with Crippen molar-refractivity contribution in [1.29, 1.82) is 0 Å². The number of hydrogen-bond acceptors (Lipinski definition) is 1. The van der Waals surface area contributed by atoms with E-state index < -0.39 is 5.41 Å². The first-order chi connectivity index (χ1) is 7.44. The number of nitrogens with one attached hydrogen (secondary N) is 1. The normalized spacial score (nSPS) is 10.9. The fourth-order valence-corrected chi connectivity index (χ4v) is 1.45. The van der Waals surface area contributed by atoms with Crippen LogP contribution in [0.2, 0.25) is 0 Å². The first-order valence-electron chi connectivity index (χ1n) is 5.11. The monoisotopic (exact) mass is 237 g/mol. The Labute approximate surface area is 101 Å². The molecule has 0 spiro atoms. The lowest BCUT2D eigenvalue weighted by atomic mass is 9.84. The van der Waals surface area contributed by atoms with Crippen LogP contribution in [-0.4, -0.2) is 12.5 Å². The molecule has 0 heterocycles.